The van der Waals surface area contributed by atoms with Gasteiger partial charge in [0.1, 0.15) is 11.6 Å². The summed E-state index contributed by atoms with van der Waals surface area (Å²) in [6.07, 6.45) is -4.79. The number of alkyl halides is 3. The Balaban J connectivity index is 1.94. The molecule has 3 aromatic rings. The molecule has 3 N–H and O–H groups in total. The summed E-state index contributed by atoms with van der Waals surface area (Å²) in [5, 5.41) is 9.03. The van der Waals surface area contributed by atoms with Crippen LogP contribution in [0.2, 0.25) is 0 Å². The molecule has 0 aliphatic heterocycles. The van der Waals surface area contributed by atoms with Crippen LogP contribution in [0.1, 0.15) is 27.7 Å². The Bertz CT molecular complexity index is 1130. The molecule has 174 valence electrons. The van der Waals surface area contributed by atoms with E-state index in [0.29, 0.717) is 34.4 Å². The lowest BCUT2D eigenvalue weighted by atomic mass is 10.1. The topological polar surface area (TPSA) is 88.2 Å². The maximum absolute atomic E-state index is 12.6. The minimum absolute atomic E-state index is 0.175. The minimum Gasteiger partial charge on any atom is -0.406 e. The zero-order valence-corrected chi connectivity index (χ0v) is 18.5. The van der Waals surface area contributed by atoms with Gasteiger partial charge in [-0.3, -0.25) is 4.79 Å². The number of carbonyl (C=O) groups excluding carboxylic acids is 1. The van der Waals surface area contributed by atoms with Gasteiger partial charge < -0.3 is 20.7 Å². The molecule has 3 rings (SSSR count). The molecule has 0 radical (unpaired) electrons. The molecule has 1 aromatic heterocycles. The standard InChI is InChI=1S/C23H24F3N5O2/c1-14(32)27-16-8-10-17(11-9-16)28-20-13-19(29-21(30-20)31-22(2,3)4)15-6-5-7-18(12-15)33-23(24,25)26/h5-13H,1-4H3,(H,27,32)(H2,28,29,30,31). The van der Waals surface area contributed by atoms with E-state index >= 15 is 0 Å². The molecule has 0 atom stereocenters. The Hall–Kier alpha value is -3.82. The van der Waals surface area contributed by atoms with Crippen molar-refractivity contribution in [3.8, 4) is 17.0 Å². The molecule has 33 heavy (non-hydrogen) atoms. The Kier molecular flexibility index (Phi) is 6.75. The van der Waals surface area contributed by atoms with Gasteiger partial charge in [0.15, 0.2) is 0 Å². The second-order valence-corrected chi connectivity index (χ2v) is 8.30. The number of rotatable bonds is 6. The minimum atomic E-state index is -4.79. The first kappa shape index (κ1) is 23.8. The monoisotopic (exact) mass is 459 g/mol. The molecule has 7 nitrogen and oxygen atoms in total. The van der Waals surface area contributed by atoms with Gasteiger partial charge in [0, 0.05) is 35.5 Å². The Labute approximate surface area is 189 Å². The van der Waals surface area contributed by atoms with Crippen molar-refractivity contribution < 1.29 is 22.7 Å². The molecule has 0 aliphatic carbocycles. The lowest BCUT2D eigenvalue weighted by molar-refractivity contribution is -0.274. The van der Waals surface area contributed by atoms with E-state index in [1.54, 1.807) is 36.4 Å². The number of ether oxygens (including phenoxy) is 1. The van der Waals surface area contributed by atoms with E-state index in [9.17, 15) is 18.0 Å². The molecule has 0 unspecified atom stereocenters. The second kappa shape index (κ2) is 9.35. The molecule has 1 amide bonds. The number of hydrogen-bond donors (Lipinski definition) is 3. The predicted octanol–water partition coefficient (Wildman–Crippen LogP) is 5.95. The summed E-state index contributed by atoms with van der Waals surface area (Å²) in [5.41, 5.74) is 1.83. The van der Waals surface area contributed by atoms with Gasteiger partial charge in [0.25, 0.3) is 0 Å². The maximum Gasteiger partial charge on any atom is 0.573 e. The lowest BCUT2D eigenvalue weighted by Crippen LogP contribution is -2.27. The summed E-state index contributed by atoms with van der Waals surface area (Å²) in [5.74, 6) is 0.221. The quantitative estimate of drug-likeness (QED) is 0.422. The smallest absolute Gasteiger partial charge is 0.406 e. The third kappa shape index (κ3) is 7.67. The Morgan fingerprint density at radius 2 is 1.61 bits per heavy atom. The van der Waals surface area contributed by atoms with E-state index < -0.39 is 6.36 Å². The number of aromatic nitrogens is 2. The molecule has 0 aliphatic rings. The molecule has 0 saturated carbocycles. The van der Waals surface area contributed by atoms with Crippen molar-refractivity contribution in [1.82, 2.24) is 9.97 Å². The third-order valence-corrected chi connectivity index (χ3v) is 4.05. The van der Waals surface area contributed by atoms with Crippen molar-refractivity contribution in [2.75, 3.05) is 16.0 Å². The largest absolute Gasteiger partial charge is 0.573 e. The zero-order chi connectivity index (χ0) is 24.2. The van der Waals surface area contributed by atoms with E-state index in [2.05, 4.69) is 30.7 Å². The molecule has 10 heteroatoms. The lowest BCUT2D eigenvalue weighted by Gasteiger charge is -2.21. The highest BCUT2D eigenvalue weighted by molar-refractivity contribution is 5.88. The van der Waals surface area contributed by atoms with Crippen molar-refractivity contribution >= 4 is 29.0 Å². The Morgan fingerprint density at radius 1 is 0.939 bits per heavy atom. The summed E-state index contributed by atoms with van der Waals surface area (Å²) in [6, 6.07) is 14.2. The van der Waals surface area contributed by atoms with Crippen molar-refractivity contribution in [3.05, 3.63) is 54.6 Å². The highest BCUT2D eigenvalue weighted by Gasteiger charge is 2.31. The van der Waals surface area contributed by atoms with Gasteiger partial charge in [-0.1, -0.05) is 12.1 Å². The van der Waals surface area contributed by atoms with Gasteiger partial charge in [-0.15, -0.1) is 13.2 Å². The first-order valence-corrected chi connectivity index (χ1v) is 10.0. The average Bonchev–Trinajstić information content (AvgIpc) is 2.66. The fourth-order valence-electron chi connectivity index (χ4n) is 2.89. The van der Waals surface area contributed by atoms with E-state index in [4.69, 9.17) is 0 Å². The van der Waals surface area contributed by atoms with Crippen LogP contribution >= 0.6 is 0 Å². The molecule has 0 spiro atoms. The van der Waals surface area contributed by atoms with Crippen LogP contribution in [0.4, 0.5) is 36.3 Å². The van der Waals surface area contributed by atoms with Crippen molar-refractivity contribution in [2.24, 2.45) is 0 Å². The maximum atomic E-state index is 12.6. The van der Waals surface area contributed by atoms with Gasteiger partial charge in [-0.25, -0.2) is 4.98 Å². The van der Waals surface area contributed by atoms with Gasteiger partial charge in [0.05, 0.1) is 5.69 Å². The SMILES string of the molecule is CC(=O)Nc1ccc(Nc2cc(-c3cccc(OC(F)(F)F)c3)nc(NC(C)(C)C)n2)cc1. The number of carbonyl (C=O) groups is 1. The van der Waals surface area contributed by atoms with Crippen LogP contribution in [-0.4, -0.2) is 27.8 Å². The Morgan fingerprint density at radius 3 is 2.21 bits per heavy atom. The number of halogens is 3. The predicted molar refractivity (Wildman–Crippen MR) is 122 cm³/mol. The van der Waals surface area contributed by atoms with E-state index in [1.807, 2.05) is 20.8 Å². The summed E-state index contributed by atoms with van der Waals surface area (Å²) in [6.45, 7) is 7.24. The van der Waals surface area contributed by atoms with Gasteiger partial charge in [0.2, 0.25) is 11.9 Å². The van der Waals surface area contributed by atoms with Crippen LogP contribution in [-0.2, 0) is 4.79 Å². The highest BCUT2D eigenvalue weighted by Crippen LogP contribution is 2.30. The zero-order valence-electron chi connectivity index (χ0n) is 18.5. The molecular formula is C23H24F3N5O2. The number of nitrogens with one attached hydrogen (secondary N) is 3. The van der Waals surface area contributed by atoms with Crippen molar-refractivity contribution in [3.63, 3.8) is 0 Å². The summed E-state index contributed by atoms with van der Waals surface area (Å²) in [7, 11) is 0. The van der Waals surface area contributed by atoms with Crippen LogP contribution in [0.15, 0.2) is 54.6 Å². The average molecular weight is 459 g/mol. The van der Waals surface area contributed by atoms with Gasteiger partial charge in [-0.2, -0.15) is 4.98 Å². The molecule has 0 bridgehead atoms. The van der Waals surface area contributed by atoms with Crippen LogP contribution in [0.5, 0.6) is 5.75 Å². The van der Waals surface area contributed by atoms with Crippen molar-refractivity contribution in [2.45, 2.75) is 39.6 Å². The van der Waals surface area contributed by atoms with E-state index in [-0.39, 0.29) is 17.2 Å². The van der Waals surface area contributed by atoms with Gasteiger partial charge in [-0.05, 0) is 57.2 Å². The summed E-state index contributed by atoms with van der Waals surface area (Å²) in [4.78, 5) is 20.1. The van der Waals surface area contributed by atoms with Crippen LogP contribution in [0.25, 0.3) is 11.3 Å². The van der Waals surface area contributed by atoms with Crippen LogP contribution in [0.3, 0.4) is 0 Å². The number of anilines is 4. The second-order valence-electron chi connectivity index (χ2n) is 8.30. The molecule has 0 saturated heterocycles. The fraction of sp³-hybridized carbons (Fsp3) is 0.261. The highest BCUT2D eigenvalue weighted by atomic mass is 19.4. The number of benzene rings is 2. The molecular weight excluding hydrogens is 435 g/mol. The molecule has 2 aromatic carbocycles. The van der Waals surface area contributed by atoms with Gasteiger partial charge >= 0.3 is 6.36 Å². The number of nitrogens with zero attached hydrogens (tertiary/aromatic N) is 2. The van der Waals surface area contributed by atoms with E-state index in [1.165, 1.54) is 25.1 Å². The first-order valence-electron chi connectivity index (χ1n) is 10.0. The normalized spacial score (nSPS) is 11.6. The first-order chi connectivity index (χ1) is 15.4. The van der Waals surface area contributed by atoms with Crippen LogP contribution in [0, 0.1) is 0 Å². The number of hydrogen-bond acceptors (Lipinski definition) is 6. The summed E-state index contributed by atoms with van der Waals surface area (Å²) < 4.78 is 42.0. The summed E-state index contributed by atoms with van der Waals surface area (Å²) >= 11 is 0. The van der Waals surface area contributed by atoms with Crippen LogP contribution < -0.4 is 20.7 Å². The number of amides is 1. The van der Waals surface area contributed by atoms with E-state index in [0.717, 1.165) is 0 Å². The third-order valence-electron chi connectivity index (χ3n) is 4.05. The molecule has 0 fully saturated rings. The fourth-order valence-corrected chi connectivity index (χ4v) is 2.89. The molecule has 1 heterocycles. The van der Waals surface area contributed by atoms with Crippen molar-refractivity contribution in [1.29, 1.82) is 0 Å².